The van der Waals surface area contributed by atoms with Crippen LogP contribution < -0.4 is 11.1 Å². The Hall–Kier alpha value is -2.49. The molecule has 0 fully saturated rings. The summed E-state index contributed by atoms with van der Waals surface area (Å²) in [6.07, 6.45) is 0. The lowest BCUT2D eigenvalue weighted by atomic mass is 10.1. The summed E-state index contributed by atoms with van der Waals surface area (Å²) in [5, 5.41) is 3.10. The first kappa shape index (κ1) is 12.5. The molecular formula is C16H16N2O2. The van der Waals surface area contributed by atoms with E-state index in [1.165, 1.54) is 0 Å². The zero-order valence-electron chi connectivity index (χ0n) is 11.5. The lowest BCUT2D eigenvalue weighted by molar-refractivity contribution is 0.517. The summed E-state index contributed by atoms with van der Waals surface area (Å²) in [5.74, 6) is -0.328. The van der Waals surface area contributed by atoms with Crippen LogP contribution in [0.2, 0.25) is 0 Å². The summed E-state index contributed by atoms with van der Waals surface area (Å²) in [4.78, 5) is 12.1. The van der Waals surface area contributed by atoms with Crippen LogP contribution in [-0.2, 0) is 6.54 Å². The van der Waals surface area contributed by atoms with Crippen LogP contribution >= 0.6 is 0 Å². The van der Waals surface area contributed by atoms with Gasteiger partial charge in [0.05, 0.1) is 12.2 Å². The molecule has 0 amide bonds. The molecule has 0 radical (unpaired) electrons. The number of anilines is 1. The van der Waals surface area contributed by atoms with Crippen molar-refractivity contribution in [1.29, 1.82) is 0 Å². The van der Waals surface area contributed by atoms with Crippen molar-refractivity contribution in [2.75, 3.05) is 12.4 Å². The van der Waals surface area contributed by atoms with Gasteiger partial charge in [-0.25, -0.2) is 4.79 Å². The Balaban J connectivity index is 2.19. The summed E-state index contributed by atoms with van der Waals surface area (Å²) in [5.41, 5.74) is 4.58. The van der Waals surface area contributed by atoms with Crippen molar-refractivity contribution in [2.24, 2.45) is 0 Å². The summed E-state index contributed by atoms with van der Waals surface area (Å²) in [6, 6.07) is 13.7. The highest BCUT2D eigenvalue weighted by molar-refractivity contribution is 5.87. The minimum Gasteiger partial charge on any atom is -0.408 e. The number of hydrogen-bond donors (Lipinski definition) is 1. The van der Waals surface area contributed by atoms with Gasteiger partial charge in [-0.1, -0.05) is 30.3 Å². The van der Waals surface area contributed by atoms with E-state index in [9.17, 15) is 4.79 Å². The number of hydrogen-bond acceptors (Lipinski definition) is 3. The summed E-state index contributed by atoms with van der Waals surface area (Å²) >= 11 is 0. The van der Waals surface area contributed by atoms with Crippen molar-refractivity contribution in [2.45, 2.75) is 13.5 Å². The lowest BCUT2D eigenvalue weighted by Crippen LogP contribution is -2.16. The molecule has 3 aromatic rings. The second-order valence-electron chi connectivity index (χ2n) is 4.78. The van der Waals surface area contributed by atoms with Crippen LogP contribution in [0.5, 0.6) is 0 Å². The van der Waals surface area contributed by atoms with Crippen LogP contribution in [-0.4, -0.2) is 11.6 Å². The third kappa shape index (κ3) is 1.99. The van der Waals surface area contributed by atoms with E-state index in [4.69, 9.17) is 4.42 Å². The molecule has 4 nitrogen and oxygen atoms in total. The largest absolute Gasteiger partial charge is 0.420 e. The Labute approximate surface area is 116 Å². The topological polar surface area (TPSA) is 47.2 Å². The van der Waals surface area contributed by atoms with Crippen LogP contribution in [0.1, 0.15) is 11.1 Å². The standard InChI is InChI=1S/C16H16N2O2/c1-11-6-3-4-7-12(11)10-18-15-13(17-2)8-5-9-14(15)20-16(18)19/h3-9,17H,10H2,1-2H3. The third-order valence-corrected chi connectivity index (χ3v) is 3.55. The maximum absolute atomic E-state index is 12.1. The average Bonchev–Trinajstić information content (AvgIpc) is 2.77. The van der Waals surface area contributed by atoms with E-state index in [0.717, 1.165) is 22.3 Å². The van der Waals surface area contributed by atoms with Crippen molar-refractivity contribution in [1.82, 2.24) is 4.57 Å². The van der Waals surface area contributed by atoms with Gasteiger partial charge in [-0.05, 0) is 30.2 Å². The highest BCUT2D eigenvalue weighted by Gasteiger charge is 2.13. The molecule has 0 aliphatic heterocycles. The van der Waals surface area contributed by atoms with Gasteiger partial charge in [-0.3, -0.25) is 4.57 Å². The normalized spacial score (nSPS) is 10.9. The number of fused-ring (bicyclic) bond motifs is 1. The molecule has 0 bridgehead atoms. The zero-order valence-corrected chi connectivity index (χ0v) is 11.5. The molecule has 1 aromatic heterocycles. The molecule has 1 N–H and O–H groups in total. The van der Waals surface area contributed by atoms with Gasteiger partial charge in [0, 0.05) is 7.05 Å². The van der Waals surface area contributed by atoms with Gasteiger partial charge >= 0.3 is 5.76 Å². The van der Waals surface area contributed by atoms with E-state index in [-0.39, 0.29) is 5.76 Å². The quantitative estimate of drug-likeness (QED) is 0.794. The fourth-order valence-electron chi connectivity index (χ4n) is 2.43. The number of rotatable bonds is 3. The minimum atomic E-state index is -0.328. The van der Waals surface area contributed by atoms with Crippen LogP contribution in [0.15, 0.2) is 51.7 Å². The van der Waals surface area contributed by atoms with Crippen molar-refractivity contribution in [3.63, 3.8) is 0 Å². The van der Waals surface area contributed by atoms with Gasteiger partial charge in [0.1, 0.15) is 5.52 Å². The Morgan fingerprint density at radius 3 is 2.70 bits per heavy atom. The molecule has 2 aromatic carbocycles. The number of oxazole rings is 1. The maximum atomic E-state index is 12.1. The van der Waals surface area contributed by atoms with Crippen molar-refractivity contribution in [3.8, 4) is 0 Å². The highest BCUT2D eigenvalue weighted by atomic mass is 16.4. The number of aryl methyl sites for hydroxylation is 1. The third-order valence-electron chi connectivity index (χ3n) is 3.55. The second kappa shape index (κ2) is 4.89. The number of nitrogens with one attached hydrogen (secondary N) is 1. The Morgan fingerprint density at radius 2 is 1.95 bits per heavy atom. The number of aromatic nitrogens is 1. The van der Waals surface area contributed by atoms with E-state index < -0.39 is 0 Å². The highest BCUT2D eigenvalue weighted by Crippen LogP contribution is 2.23. The van der Waals surface area contributed by atoms with Crippen molar-refractivity contribution < 1.29 is 4.42 Å². The average molecular weight is 268 g/mol. The fraction of sp³-hybridized carbons (Fsp3) is 0.188. The van der Waals surface area contributed by atoms with Crippen LogP contribution in [0.3, 0.4) is 0 Å². The monoisotopic (exact) mass is 268 g/mol. The molecule has 0 spiro atoms. The molecule has 0 saturated heterocycles. The minimum absolute atomic E-state index is 0.328. The molecule has 3 rings (SSSR count). The van der Waals surface area contributed by atoms with E-state index in [1.54, 1.807) is 4.57 Å². The number of para-hydroxylation sites is 1. The zero-order chi connectivity index (χ0) is 14.1. The number of benzene rings is 2. The summed E-state index contributed by atoms with van der Waals surface area (Å²) in [7, 11) is 1.84. The molecule has 4 heteroatoms. The first-order valence-electron chi connectivity index (χ1n) is 6.55. The molecule has 0 unspecified atom stereocenters. The predicted octanol–water partition coefficient (Wildman–Crippen LogP) is 2.99. The molecule has 1 heterocycles. The Morgan fingerprint density at radius 1 is 1.15 bits per heavy atom. The van der Waals surface area contributed by atoms with Crippen molar-refractivity contribution in [3.05, 3.63) is 64.1 Å². The van der Waals surface area contributed by atoms with E-state index in [1.807, 2.05) is 56.4 Å². The van der Waals surface area contributed by atoms with Gasteiger partial charge in [-0.2, -0.15) is 0 Å². The molecule has 0 saturated carbocycles. The Bertz CT molecular complexity index is 815. The van der Waals surface area contributed by atoms with Crippen LogP contribution in [0.25, 0.3) is 11.1 Å². The first-order valence-corrected chi connectivity index (χ1v) is 6.55. The summed E-state index contributed by atoms with van der Waals surface area (Å²) < 4.78 is 6.99. The first-order chi connectivity index (χ1) is 9.70. The molecular weight excluding hydrogens is 252 g/mol. The van der Waals surface area contributed by atoms with Crippen LogP contribution in [0, 0.1) is 6.92 Å². The smallest absolute Gasteiger partial charge is 0.408 e. The Kier molecular flexibility index (Phi) is 3.06. The lowest BCUT2D eigenvalue weighted by Gasteiger charge is -2.08. The second-order valence-corrected chi connectivity index (χ2v) is 4.78. The van der Waals surface area contributed by atoms with Crippen LogP contribution in [0.4, 0.5) is 5.69 Å². The molecule has 0 atom stereocenters. The molecule has 102 valence electrons. The van der Waals surface area contributed by atoms with E-state index >= 15 is 0 Å². The molecule has 20 heavy (non-hydrogen) atoms. The molecule has 0 aliphatic rings. The van der Waals surface area contributed by atoms with Gasteiger partial charge < -0.3 is 9.73 Å². The fourth-order valence-corrected chi connectivity index (χ4v) is 2.43. The maximum Gasteiger partial charge on any atom is 0.420 e. The van der Waals surface area contributed by atoms with E-state index in [0.29, 0.717) is 12.1 Å². The van der Waals surface area contributed by atoms with Gasteiger partial charge in [0.25, 0.3) is 0 Å². The molecule has 0 aliphatic carbocycles. The summed E-state index contributed by atoms with van der Waals surface area (Å²) in [6.45, 7) is 2.55. The van der Waals surface area contributed by atoms with Crippen molar-refractivity contribution >= 4 is 16.8 Å². The van der Waals surface area contributed by atoms with E-state index in [2.05, 4.69) is 5.32 Å². The SMILES string of the molecule is CNc1cccc2oc(=O)n(Cc3ccccc3C)c12. The predicted molar refractivity (Wildman–Crippen MR) is 80.3 cm³/mol. The van der Waals surface area contributed by atoms with Gasteiger partial charge in [-0.15, -0.1) is 0 Å². The van der Waals surface area contributed by atoms with Gasteiger partial charge in [0.15, 0.2) is 5.58 Å². The van der Waals surface area contributed by atoms with Gasteiger partial charge in [0.2, 0.25) is 0 Å². The number of nitrogens with zero attached hydrogens (tertiary/aromatic N) is 1.